The van der Waals surface area contributed by atoms with Crippen LogP contribution in [0.1, 0.15) is 39.5 Å². The van der Waals surface area contributed by atoms with Crippen LogP contribution >= 0.6 is 0 Å². The number of hydrogen-bond acceptors (Lipinski definition) is 3. The van der Waals surface area contributed by atoms with Gasteiger partial charge in [-0.2, -0.15) is 0 Å². The van der Waals surface area contributed by atoms with Gasteiger partial charge in [-0.25, -0.2) is 0 Å². The van der Waals surface area contributed by atoms with Gasteiger partial charge in [-0.1, -0.05) is 13.8 Å². The van der Waals surface area contributed by atoms with Crippen LogP contribution in [0.4, 0.5) is 0 Å². The van der Waals surface area contributed by atoms with Gasteiger partial charge in [-0.05, 0) is 37.8 Å². The summed E-state index contributed by atoms with van der Waals surface area (Å²) in [6.45, 7) is 6.49. The minimum atomic E-state index is -0.855. The number of carboxylic acid groups (broad SMARTS) is 1. The summed E-state index contributed by atoms with van der Waals surface area (Å²) in [4.78, 5) is 24.8. The predicted molar refractivity (Wildman–Crippen MR) is 73.9 cm³/mol. The van der Waals surface area contributed by atoms with Crippen molar-refractivity contribution in [3.05, 3.63) is 0 Å². The largest absolute Gasteiger partial charge is 0.481 e. The van der Waals surface area contributed by atoms with E-state index in [2.05, 4.69) is 17.3 Å². The highest BCUT2D eigenvalue weighted by Crippen LogP contribution is 2.24. The van der Waals surface area contributed by atoms with Crippen LogP contribution < -0.4 is 5.32 Å². The molecule has 0 radical (unpaired) electrons. The maximum atomic E-state index is 11.8. The second kappa shape index (κ2) is 6.89. The quantitative estimate of drug-likeness (QED) is 0.764. The van der Waals surface area contributed by atoms with Gasteiger partial charge < -0.3 is 15.3 Å². The molecule has 1 amide bonds. The maximum absolute atomic E-state index is 11.8. The average Bonchev–Trinajstić information content (AvgIpc) is 2.24. The van der Waals surface area contributed by atoms with Crippen molar-refractivity contribution in [2.75, 3.05) is 26.7 Å². The van der Waals surface area contributed by atoms with Crippen LogP contribution in [0.15, 0.2) is 0 Å². The van der Waals surface area contributed by atoms with E-state index >= 15 is 0 Å². The molecule has 0 saturated carbocycles. The third-order valence-corrected chi connectivity index (χ3v) is 3.58. The number of nitrogens with one attached hydrogen (secondary N) is 1. The molecule has 0 aromatic rings. The first-order valence-corrected chi connectivity index (χ1v) is 6.95. The van der Waals surface area contributed by atoms with Gasteiger partial charge in [0.15, 0.2) is 0 Å². The first-order valence-electron chi connectivity index (χ1n) is 6.95. The fourth-order valence-corrected chi connectivity index (χ4v) is 2.67. The van der Waals surface area contributed by atoms with Gasteiger partial charge in [0.1, 0.15) is 0 Å². The molecule has 0 aromatic carbocycles. The molecule has 0 bridgehead atoms. The molecular weight excluding hydrogens is 244 g/mol. The first kappa shape index (κ1) is 16.0. The summed E-state index contributed by atoms with van der Waals surface area (Å²) in [6.07, 6.45) is 2.62. The lowest BCUT2D eigenvalue weighted by molar-refractivity contribution is -0.139. The van der Waals surface area contributed by atoms with Crippen molar-refractivity contribution in [3.8, 4) is 0 Å². The topological polar surface area (TPSA) is 69.6 Å². The molecular formula is C14H26N2O3. The Morgan fingerprint density at radius 1 is 1.37 bits per heavy atom. The van der Waals surface area contributed by atoms with Crippen molar-refractivity contribution in [1.29, 1.82) is 0 Å². The van der Waals surface area contributed by atoms with Crippen LogP contribution in [0.5, 0.6) is 0 Å². The summed E-state index contributed by atoms with van der Waals surface area (Å²) in [5.41, 5.74) is -0.487. The Morgan fingerprint density at radius 3 is 2.63 bits per heavy atom. The number of rotatable bonds is 6. The maximum Gasteiger partial charge on any atom is 0.303 e. The highest BCUT2D eigenvalue weighted by atomic mass is 16.4. The SMILES string of the molecule is CN1CCCC(CNC(=O)CC(C)(C)CC(=O)O)C1. The number of carbonyl (C=O) groups excluding carboxylic acids is 1. The van der Waals surface area contributed by atoms with Crippen molar-refractivity contribution >= 4 is 11.9 Å². The van der Waals surface area contributed by atoms with Gasteiger partial charge in [0.2, 0.25) is 5.91 Å². The van der Waals surface area contributed by atoms with Gasteiger partial charge in [0.25, 0.3) is 0 Å². The van der Waals surface area contributed by atoms with E-state index < -0.39 is 11.4 Å². The molecule has 1 aliphatic heterocycles. The molecule has 19 heavy (non-hydrogen) atoms. The summed E-state index contributed by atoms with van der Waals surface area (Å²) in [5, 5.41) is 11.7. The van der Waals surface area contributed by atoms with Gasteiger partial charge >= 0.3 is 5.97 Å². The van der Waals surface area contributed by atoms with Gasteiger partial charge in [-0.3, -0.25) is 9.59 Å². The standard InChI is InChI=1S/C14H26N2O3/c1-14(2,8-13(18)19)7-12(17)15-9-11-5-4-6-16(3)10-11/h11H,4-10H2,1-3H3,(H,15,17)(H,18,19). The Hall–Kier alpha value is -1.10. The Bertz CT molecular complexity index is 329. The van der Waals surface area contributed by atoms with Crippen LogP contribution in [0.3, 0.4) is 0 Å². The molecule has 1 saturated heterocycles. The summed E-state index contributed by atoms with van der Waals surface area (Å²) in [7, 11) is 2.10. The zero-order valence-electron chi connectivity index (χ0n) is 12.2. The van der Waals surface area contributed by atoms with E-state index in [-0.39, 0.29) is 18.7 Å². The molecule has 1 heterocycles. The number of hydrogen-bond donors (Lipinski definition) is 2. The number of likely N-dealkylation sites (tertiary alicyclic amines) is 1. The molecule has 1 aliphatic rings. The van der Waals surface area contributed by atoms with E-state index in [9.17, 15) is 9.59 Å². The van der Waals surface area contributed by atoms with E-state index in [1.807, 2.05) is 13.8 Å². The predicted octanol–water partition coefficient (Wildman–Crippen LogP) is 1.34. The summed E-state index contributed by atoms with van der Waals surface area (Å²) >= 11 is 0. The number of amides is 1. The number of carboxylic acids is 1. The number of piperidine rings is 1. The number of aliphatic carboxylic acids is 1. The fourth-order valence-electron chi connectivity index (χ4n) is 2.67. The Balaban J connectivity index is 2.29. The molecule has 1 rings (SSSR count). The van der Waals surface area contributed by atoms with Crippen molar-refractivity contribution in [3.63, 3.8) is 0 Å². The van der Waals surface area contributed by atoms with E-state index in [1.165, 1.54) is 6.42 Å². The highest BCUT2D eigenvalue weighted by Gasteiger charge is 2.25. The van der Waals surface area contributed by atoms with Crippen molar-refractivity contribution in [1.82, 2.24) is 10.2 Å². The molecule has 1 unspecified atom stereocenters. The Kier molecular flexibility index (Phi) is 5.79. The van der Waals surface area contributed by atoms with Crippen LogP contribution in [-0.4, -0.2) is 48.6 Å². The number of carbonyl (C=O) groups is 2. The molecule has 1 atom stereocenters. The lowest BCUT2D eigenvalue weighted by Gasteiger charge is -2.30. The van der Waals surface area contributed by atoms with E-state index in [0.29, 0.717) is 12.5 Å². The lowest BCUT2D eigenvalue weighted by atomic mass is 9.85. The molecule has 110 valence electrons. The smallest absolute Gasteiger partial charge is 0.303 e. The zero-order chi connectivity index (χ0) is 14.5. The molecule has 0 spiro atoms. The minimum absolute atomic E-state index is 0.0204. The molecule has 5 nitrogen and oxygen atoms in total. The molecule has 2 N–H and O–H groups in total. The van der Waals surface area contributed by atoms with Gasteiger partial charge in [0, 0.05) is 19.5 Å². The summed E-state index contributed by atoms with van der Waals surface area (Å²) in [5.74, 6) is -0.378. The molecule has 0 aromatic heterocycles. The van der Waals surface area contributed by atoms with Crippen LogP contribution in [0.25, 0.3) is 0 Å². The summed E-state index contributed by atoms with van der Waals surface area (Å²) < 4.78 is 0. The van der Waals surface area contributed by atoms with Crippen LogP contribution in [-0.2, 0) is 9.59 Å². The zero-order valence-corrected chi connectivity index (χ0v) is 12.2. The van der Waals surface area contributed by atoms with Crippen LogP contribution in [0.2, 0.25) is 0 Å². The number of nitrogens with zero attached hydrogens (tertiary/aromatic N) is 1. The normalized spacial score (nSPS) is 21.1. The average molecular weight is 270 g/mol. The summed E-state index contributed by atoms with van der Waals surface area (Å²) in [6, 6.07) is 0. The first-order chi connectivity index (χ1) is 8.78. The third kappa shape index (κ3) is 6.57. The fraction of sp³-hybridized carbons (Fsp3) is 0.857. The lowest BCUT2D eigenvalue weighted by Crippen LogP contribution is -2.40. The van der Waals surface area contributed by atoms with E-state index in [1.54, 1.807) is 0 Å². The Labute approximate surface area is 115 Å². The van der Waals surface area contributed by atoms with E-state index in [0.717, 1.165) is 19.5 Å². The Morgan fingerprint density at radius 2 is 2.05 bits per heavy atom. The highest BCUT2D eigenvalue weighted by molar-refractivity contribution is 5.77. The van der Waals surface area contributed by atoms with Crippen molar-refractivity contribution in [2.24, 2.45) is 11.3 Å². The van der Waals surface area contributed by atoms with E-state index in [4.69, 9.17) is 5.11 Å². The monoisotopic (exact) mass is 270 g/mol. The second-order valence-corrected chi connectivity index (χ2v) is 6.49. The molecule has 5 heteroatoms. The van der Waals surface area contributed by atoms with Crippen molar-refractivity contribution < 1.29 is 14.7 Å². The second-order valence-electron chi connectivity index (χ2n) is 6.49. The molecule has 1 fully saturated rings. The third-order valence-electron chi connectivity index (χ3n) is 3.58. The van der Waals surface area contributed by atoms with Gasteiger partial charge in [0.05, 0.1) is 6.42 Å². The van der Waals surface area contributed by atoms with Crippen molar-refractivity contribution in [2.45, 2.75) is 39.5 Å². The van der Waals surface area contributed by atoms with Gasteiger partial charge in [-0.15, -0.1) is 0 Å². The molecule has 0 aliphatic carbocycles. The van der Waals surface area contributed by atoms with Crippen LogP contribution in [0, 0.1) is 11.3 Å². The minimum Gasteiger partial charge on any atom is -0.481 e.